The highest BCUT2D eigenvalue weighted by Gasteiger charge is 2.44. The molecule has 27 heavy (non-hydrogen) atoms. The number of piperidine rings is 1. The zero-order chi connectivity index (χ0) is 18.4. The molecule has 2 aromatic carbocycles. The number of hydrogen-bond donors (Lipinski definition) is 1. The van der Waals surface area contributed by atoms with Gasteiger partial charge in [-0.25, -0.2) is 0 Å². The van der Waals surface area contributed by atoms with E-state index in [0.717, 1.165) is 31.2 Å². The molecule has 5 heteroatoms. The van der Waals surface area contributed by atoms with Crippen LogP contribution >= 0.6 is 0 Å². The molecule has 0 saturated carbocycles. The highest BCUT2D eigenvalue weighted by atomic mass is 16.6. The summed E-state index contributed by atoms with van der Waals surface area (Å²) in [5, 5.41) is 10.2. The lowest BCUT2D eigenvalue weighted by Crippen LogP contribution is -2.46. The van der Waals surface area contributed by atoms with Gasteiger partial charge in [0, 0.05) is 17.6 Å². The van der Waals surface area contributed by atoms with Gasteiger partial charge in [0.1, 0.15) is 19.0 Å². The van der Waals surface area contributed by atoms with Gasteiger partial charge in [-0.2, -0.15) is 0 Å². The van der Waals surface area contributed by atoms with Crippen molar-refractivity contribution in [3.8, 4) is 17.2 Å². The molecule has 1 N–H and O–H groups in total. The van der Waals surface area contributed by atoms with Gasteiger partial charge in [0.05, 0.1) is 0 Å². The predicted octanol–water partition coefficient (Wildman–Crippen LogP) is 3.71. The van der Waals surface area contributed by atoms with Gasteiger partial charge < -0.3 is 19.5 Å². The summed E-state index contributed by atoms with van der Waals surface area (Å²) in [6, 6.07) is 13.5. The fourth-order valence-corrected chi connectivity index (χ4v) is 4.92. The number of phenols is 1. The van der Waals surface area contributed by atoms with E-state index < -0.39 is 0 Å². The molecule has 3 atom stereocenters. The summed E-state index contributed by atoms with van der Waals surface area (Å²) < 4.78 is 11.2. The minimum atomic E-state index is 0.0789. The molecule has 2 bridgehead atoms. The van der Waals surface area contributed by atoms with Crippen LogP contribution < -0.4 is 9.47 Å². The number of phenolic OH excluding ortho intramolecular Hbond substituents is 1. The first-order chi connectivity index (χ1) is 13.2. The second-order valence-corrected chi connectivity index (χ2v) is 7.68. The number of ether oxygens (including phenoxy) is 2. The number of amides is 1. The number of para-hydroxylation sites is 1. The molecule has 0 radical (unpaired) electrons. The predicted molar refractivity (Wildman–Crippen MR) is 100 cm³/mol. The summed E-state index contributed by atoms with van der Waals surface area (Å²) in [4.78, 5) is 15.3. The summed E-state index contributed by atoms with van der Waals surface area (Å²) in [6.07, 6.45) is 3.88. The van der Waals surface area contributed by atoms with Crippen molar-refractivity contribution in [2.45, 2.75) is 43.7 Å². The summed E-state index contributed by atoms with van der Waals surface area (Å²) in [5.74, 6) is 2.12. The van der Waals surface area contributed by atoms with Gasteiger partial charge in [0.2, 0.25) is 0 Å². The second kappa shape index (κ2) is 6.48. The lowest BCUT2D eigenvalue weighted by Gasteiger charge is -2.39. The second-order valence-electron chi connectivity index (χ2n) is 7.68. The first kappa shape index (κ1) is 16.5. The van der Waals surface area contributed by atoms with E-state index in [9.17, 15) is 9.90 Å². The molecule has 5 rings (SSSR count). The van der Waals surface area contributed by atoms with Gasteiger partial charge >= 0.3 is 0 Å². The molecule has 1 amide bonds. The Hall–Kier alpha value is -2.69. The molecule has 3 heterocycles. The molecular weight excluding hydrogens is 342 g/mol. The van der Waals surface area contributed by atoms with E-state index in [-0.39, 0.29) is 18.0 Å². The van der Waals surface area contributed by atoms with Crippen molar-refractivity contribution in [1.29, 1.82) is 0 Å². The molecule has 140 valence electrons. The van der Waals surface area contributed by atoms with Crippen molar-refractivity contribution >= 4 is 5.91 Å². The minimum Gasteiger partial charge on any atom is -0.508 e. The third-order valence-corrected chi connectivity index (χ3v) is 6.13. The Bertz CT molecular complexity index is 866. The first-order valence-corrected chi connectivity index (χ1v) is 9.71. The van der Waals surface area contributed by atoms with E-state index in [2.05, 4.69) is 4.90 Å². The Kier molecular flexibility index (Phi) is 3.96. The standard InChI is InChI=1S/C22H23NO4/c24-19-4-2-1-3-18(19)15-11-16-6-7-17(12-15)23(16)22(25)14-5-8-20-21(13-14)27-10-9-26-20/h1-5,8,13,15-17,24H,6-7,9-12H2/t15?,16-,17+. The van der Waals surface area contributed by atoms with Crippen molar-refractivity contribution < 1.29 is 19.4 Å². The highest BCUT2D eigenvalue weighted by molar-refractivity contribution is 5.95. The molecule has 0 aliphatic carbocycles. The number of aromatic hydroxyl groups is 1. The molecule has 2 saturated heterocycles. The van der Waals surface area contributed by atoms with E-state index in [0.29, 0.717) is 41.9 Å². The number of rotatable bonds is 2. The molecule has 0 spiro atoms. The maximum Gasteiger partial charge on any atom is 0.254 e. The number of nitrogens with zero attached hydrogens (tertiary/aromatic N) is 1. The van der Waals surface area contributed by atoms with E-state index in [4.69, 9.17) is 9.47 Å². The number of carbonyl (C=O) groups excluding carboxylic acids is 1. The van der Waals surface area contributed by atoms with Crippen LogP contribution in [0.5, 0.6) is 17.2 Å². The molecule has 2 fully saturated rings. The zero-order valence-electron chi connectivity index (χ0n) is 15.1. The molecule has 3 aliphatic heterocycles. The Morgan fingerprint density at radius 1 is 0.963 bits per heavy atom. The Morgan fingerprint density at radius 2 is 1.67 bits per heavy atom. The smallest absolute Gasteiger partial charge is 0.254 e. The number of benzene rings is 2. The van der Waals surface area contributed by atoms with Gasteiger partial charge in [-0.05, 0) is 61.4 Å². The average Bonchev–Trinajstić information content (AvgIpc) is 2.97. The van der Waals surface area contributed by atoms with E-state index in [1.54, 1.807) is 6.07 Å². The summed E-state index contributed by atoms with van der Waals surface area (Å²) >= 11 is 0. The maximum absolute atomic E-state index is 13.2. The third-order valence-electron chi connectivity index (χ3n) is 6.13. The monoisotopic (exact) mass is 365 g/mol. The van der Waals surface area contributed by atoms with Crippen LogP contribution in [0.15, 0.2) is 42.5 Å². The van der Waals surface area contributed by atoms with Crippen LogP contribution in [-0.4, -0.2) is 41.2 Å². The van der Waals surface area contributed by atoms with Crippen molar-refractivity contribution in [1.82, 2.24) is 4.90 Å². The van der Waals surface area contributed by atoms with Crippen LogP contribution in [0.1, 0.15) is 47.5 Å². The topological polar surface area (TPSA) is 59.0 Å². The molecule has 5 nitrogen and oxygen atoms in total. The van der Waals surface area contributed by atoms with Crippen molar-refractivity contribution in [2.24, 2.45) is 0 Å². The Labute approximate surface area is 158 Å². The zero-order valence-corrected chi connectivity index (χ0v) is 15.1. The lowest BCUT2D eigenvalue weighted by atomic mass is 9.84. The van der Waals surface area contributed by atoms with Gasteiger partial charge in [-0.15, -0.1) is 0 Å². The minimum absolute atomic E-state index is 0.0789. The van der Waals surface area contributed by atoms with Crippen LogP contribution in [-0.2, 0) is 0 Å². The molecule has 0 aromatic heterocycles. The Morgan fingerprint density at radius 3 is 2.41 bits per heavy atom. The van der Waals surface area contributed by atoms with Gasteiger partial charge in [-0.1, -0.05) is 18.2 Å². The fraction of sp³-hybridized carbons (Fsp3) is 0.409. The SMILES string of the molecule is O=C(c1ccc2c(c1)OCCO2)N1[C@@H]2CC[C@H]1CC(c1ccccc1O)C2. The van der Waals surface area contributed by atoms with Crippen LogP contribution in [0.3, 0.4) is 0 Å². The fourth-order valence-electron chi connectivity index (χ4n) is 4.92. The third kappa shape index (κ3) is 2.82. The average molecular weight is 365 g/mol. The molecule has 2 aromatic rings. The highest BCUT2D eigenvalue weighted by Crippen LogP contribution is 2.45. The Balaban J connectivity index is 1.38. The van der Waals surface area contributed by atoms with E-state index >= 15 is 0 Å². The normalized spacial score (nSPS) is 26.1. The summed E-state index contributed by atoms with van der Waals surface area (Å²) in [5.41, 5.74) is 1.68. The summed E-state index contributed by atoms with van der Waals surface area (Å²) in [7, 11) is 0. The number of fused-ring (bicyclic) bond motifs is 3. The molecular formula is C22H23NO4. The quantitative estimate of drug-likeness (QED) is 0.881. The number of hydrogen-bond acceptors (Lipinski definition) is 4. The van der Waals surface area contributed by atoms with Gasteiger partial charge in [0.25, 0.3) is 5.91 Å². The summed E-state index contributed by atoms with van der Waals surface area (Å²) in [6.45, 7) is 1.06. The van der Waals surface area contributed by atoms with Crippen LogP contribution in [0.4, 0.5) is 0 Å². The lowest BCUT2D eigenvalue weighted by molar-refractivity contribution is 0.0569. The molecule has 1 unspecified atom stereocenters. The van der Waals surface area contributed by atoms with E-state index in [1.807, 2.05) is 36.4 Å². The maximum atomic E-state index is 13.2. The van der Waals surface area contributed by atoms with Crippen LogP contribution in [0.25, 0.3) is 0 Å². The van der Waals surface area contributed by atoms with Gasteiger partial charge in [0.15, 0.2) is 11.5 Å². The van der Waals surface area contributed by atoms with Crippen molar-refractivity contribution in [3.63, 3.8) is 0 Å². The van der Waals surface area contributed by atoms with Crippen LogP contribution in [0, 0.1) is 0 Å². The first-order valence-electron chi connectivity index (χ1n) is 9.71. The van der Waals surface area contributed by atoms with Gasteiger partial charge in [-0.3, -0.25) is 4.79 Å². The van der Waals surface area contributed by atoms with Crippen molar-refractivity contribution in [2.75, 3.05) is 13.2 Å². The largest absolute Gasteiger partial charge is 0.508 e. The van der Waals surface area contributed by atoms with Crippen LogP contribution in [0.2, 0.25) is 0 Å². The van der Waals surface area contributed by atoms with E-state index in [1.165, 1.54) is 0 Å². The van der Waals surface area contributed by atoms with Crippen molar-refractivity contribution in [3.05, 3.63) is 53.6 Å². The molecule has 3 aliphatic rings. The number of carbonyl (C=O) groups is 1.